The maximum Gasteiger partial charge on any atom is 0.171 e. The molecule has 3 nitrogen and oxygen atoms in total. The third-order valence-electron chi connectivity index (χ3n) is 3.55. The summed E-state index contributed by atoms with van der Waals surface area (Å²) in [4.78, 5) is 12.1. The van der Waals surface area contributed by atoms with Gasteiger partial charge in [-0.15, -0.1) is 0 Å². The number of benzene rings is 1. The Kier molecular flexibility index (Phi) is 4.83. The quantitative estimate of drug-likeness (QED) is 0.756. The molecule has 21 heavy (non-hydrogen) atoms. The molecule has 0 saturated heterocycles. The molecule has 2 aromatic rings. The van der Waals surface area contributed by atoms with Crippen LogP contribution in [0.5, 0.6) is 0 Å². The summed E-state index contributed by atoms with van der Waals surface area (Å²) in [5.74, 6) is -1.93. The molecule has 0 saturated carbocycles. The smallest absolute Gasteiger partial charge is 0.171 e. The van der Waals surface area contributed by atoms with Crippen LogP contribution in [0.4, 0.5) is 8.78 Å². The highest BCUT2D eigenvalue weighted by molar-refractivity contribution is 5.97. The number of Topliss-reactive ketones (excluding diaryl/α,β-unsaturated/α-hetero) is 1. The van der Waals surface area contributed by atoms with Gasteiger partial charge in [-0.05, 0) is 31.0 Å². The average Bonchev–Trinajstić information content (AvgIpc) is 2.88. The SMILES string of the molecule is CCC(CC)n1ccc(CC(=O)c2ccc(F)cc2F)n1. The molecule has 0 aliphatic heterocycles. The second-order valence-corrected chi connectivity index (χ2v) is 4.98. The molecule has 0 amide bonds. The highest BCUT2D eigenvalue weighted by Crippen LogP contribution is 2.16. The minimum absolute atomic E-state index is 0.00962. The molecule has 0 spiro atoms. The van der Waals surface area contributed by atoms with Crippen LogP contribution >= 0.6 is 0 Å². The Labute approximate surface area is 122 Å². The van der Waals surface area contributed by atoms with Gasteiger partial charge in [0.25, 0.3) is 0 Å². The molecule has 1 aromatic carbocycles. The maximum atomic E-state index is 13.6. The lowest BCUT2D eigenvalue weighted by Gasteiger charge is -2.12. The van der Waals surface area contributed by atoms with Crippen LogP contribution in [0.2, 0.25) is 0 Å². The summed E-state index contributed by atoms with van der Waals surface area (Å²) >= 11 is 0. The van der Waals surface area contributed by atoms with Gasteiger partial charge < -0.3 is 0 Å². The van der Waals surface area contributed by atoms with Crippen LogP contribution < -0.4 is 0 Å². The lowest BCUT2D eigenvalue weighted by atomic mass is 10.1. The van der Waals surface area contributed by atoms with Gasteiger partial charge in [0.1, 0.15) is 11.6 Å². The van der Waals surface area contributed by atoms with Gasteiger partial charge in [-0.1, -0.05) is 13.8 Å². The molecule has 1 heterocycles. The molecular weight excluding hydrogens is 274 g/mol. The Morgan fingerprint density at radius 2 is 1.95 bits per heavy atom. The van der Waals surface area contributed by atoms with Crippen molar-refractivity contribution in [3.8, 4) is 0 Å². The summed E-state index contributed by atoms with van der Waals surface area (Å²) in [5, 5.41) is 4.36. The maximum absolute atomic E-state index is 13.6. The summed E-state index contributed by atoms with van der Waals surface area (Å²) in [6.45, 7) is 4.16. The van der Waals surface area contributed by atoms with Crippen molar-refractivity contribution in [2.75, 3.05) is 0 Å². The monoisotopic (exact) mass is 292 g/mol. The molecule has 0 fully saturated rings. The van der Waals surface area contributed by atoms with Crippen molar-refractivity contribution in [2.45, 2.75) is 39.2 Å². The van der Waals surface area contributed by atoms with Gasteiger partial charge in [0.05, 0.1) is 23.7 Å². The molecule has 0 aliphatic rings. The number of rotatable bonds is 6. The number of halogens is 2. The van der Waals surface area contributed by atoms with E-state index in [9.17, 15) is 13.6 Å². The molecule has 0 bridgehead atoms. The van der Waals surface area contributed by atoms with Crippen LogP contribution in [0.1, 0.15) is 48.8 Å². The van der Waals surface area contributed by atoms with Crippen LogP contribution in [0.15, 0.2) is 30.5 Å². The Bertz CT molecular complexity index is 633. The third kappa shape index (κ3) is 3.54. The summed E-state index contributed by atoms with van der Waals surface area (Å²) in [7, 11) is 0. The van der Waals surface area contributed by atoms with Gasteiger partial charge in [-0.3, -0.25) is 9.48 Å². The normalized spacial score (nSPS) is 11.1. The fraction of sp³-hybridized carbons (Fsp3) is 0.375. The van der Waals surface area contributed by atoms with Crippen LogP contribution in [-0.2, 0) is 6.42 Å². The Balaban J connectivity index is 2.13. The highest BCUT2D eigenvalue weighted by atomic mass is 19.1. The van der Waals surface area contributed by atoms with E-state index in [1.165, 1.54) is 6.07 Å². The second-order valence-electron chi connectivity index (χ2n) is 4.98. The summed E-state index contributed by atoms with van der Waals surface area (Å²) in [5.41, 5.74) is 0.490. The standard InChI is InChI=1S/C16H18F2N2O/c1-3-13(4-2)20-8-7-12(19-20)10-16(21)14-6-5-11(17)9-15(14)18/h5-9,13H,3-4,10H2,1-2H3. The van der Waals surface area contributed by atoms with Gasteiger partial charge in [0, 0.05) is 12.3 Å². The van der Waals surface area contributed by atoms with Crippen molar-refractivity contribution < 1.29 is 13.6 Å². The van der Waals surface area contributed by atoms with Crippen LogP contribution in [-0.4, -0.2) is 15.6 Å². The molecule has 0 radical (unpaired) electrons. The molecule has 0 N–H and O–H groups in total. The van der Waals surface area contributed by atoms with Crippen molar-refractivity contribution in [3.05, 3.63) is 53.4 Å². The largest absolute Gasteiger partial charge is 0.294 e. The average molecular weight is 292 g/mol. The number of aromatic nitrogens is 2. The fourth-order valence-corrected chi connectivity index (χ4v) is 2.31. The number of hydrogen-bond acceptors (Lipinski definition) is 2. The van der Waals surface area contributed by atoms with Gasteiger partial charge in [0.15, 0.2) is 5.78 Å². The summed E-state index contributed by atoms with van der Waals surface area (Å²) in [6, 6.07) is 5.04. The van der Waals surface area contributed by atoms with Crippen molar-refractivity contribution in [1.82, 2.24) is 9.78 Å². The summed E-state index contributed by atoms with van der Waals surface area (Å²) < 4.78 is 28.2. The van der Waals surface area contributed by atoms with Gasteiger partial charge in [0.2, 0.25) is 0 Å². The first-order chi connectivity index (χ1) is 10.0. The summed E-state index contributed by atoms with van der Waals surface area (Å²) in [6.07, 6.45) is 3.76. The predicted molar refractivity (Wildman–Crippen MR) is 76.2 cm³/mol. The van der Waals surface area contributed by atoms with E-state index >= 15 is 0 Å². The number of carbonyl (C=O) groups is 1. The van der Waals surface area contributed by atoms with E-state index in [0.29, 0.717) is 11.7 Å². The minimum atomic E-state index is -0.834. The van der Waals surface area contributed by atoms with Crippen molar-refractivity contribution in [2.24, 2.45) is 0 Å². The van der Waals surface area contributed by atoms with E-state index < -0.39 is 17.4 Å². The van der Waals surface area contributed by atoms with E-state index in [1.807, 2.05) is 10.9 Å². The minimum Gasteiger partial charge on any atom is -0.294 e. The zero-order chi connectivity index (χ0) is 15.4. The molecule has 2 rings (SSSR count). The van der Waals surface area contributed by atoms with Crippen LogP contribution in [0, 0.1) is 11.6 Å². The Morgan fingerprint density at radius 1 is 1.24 bits per heavy atom. The van der Waals surface area contributed by atoms with E-state index in [0.717, 1.165) is 25.0 Å². The zero-order valence-electron chi connectivity index (χ0n) is 12.1. The van der Waals surface area contributed by atoms with E-state index in [1.54, 1.807) is 6.07 Å². The molecule has 5 heteroatoms. The lowest BCUT2D eigenvalue weighted by Crippen LogP contribution is -2.10. The molecule has 1 aromatic heterocycles. The van der Waals surface area contributed by atoms with E-state index in [2.05, 4.69) is 18.9 Å². The molecule has 112 valence electrons. The van der Waals surface area contributed by atoms with Crippen LogP contribution in [0.25, 0.3) is 0 Å². The van der Waals surface area contributed by atoms with Gasteiger partial charge in [-0.2, -0.15) is 5.10 Å². The third-order valence-corrected chi connectivity index (χ3v) is 3.55. The molecule has 0 aliphatic carbocycles. The second kappa shape index (κ2) is 6.61. The topological polar surface area (TPSA) is 34.9 Å². The molecule has 0 unspecified atom stereocenters. The number of carbonyl (C=O) groups excluding carboxylic acids is 1. The predicted octanol–water partition coefficient (Wildman–Crippen LogP) is 3.95. The first-order valence-electron chi connectivity index (χ1n) is 7.07. The van der Waals surface area contributed by atoms with Crippen molar-refractivity contribution in [1.29, 1.82) is 0 Å². The first-order valence-corrected chi connectivity index (χ1v) is 7.07. The Hall–Kier alpha value is -2.04. The van der Waals surface area contributed by atoms with Gasteiger partial charge in [-0.25, -0.2) is 8.78 Å². The van der Waals surface area contributed by atoms with E-state index in [-0.39, 0.29) is 12.0 Å². The highest BCUT2D eigenvalue weighted by Gasteiger charge is 2.15. The fourth-order valence-electron chi connectivity index (χ4n) is 2.31. The number of nitrogens with zero attached hydrogens (tertiary/aromatic N) is 2. The van der Waals surface area contributed by atoms with Crippen LogP contribution in [0.3, 0.4) is 0 Å². The lowest BCUT2D eigenvalue weighted by molar-refractivity contribution is 0.0987. The number of hydrogen-bond donors (Lipinski definition) is 0. The number of ketones is 1. The van der Waals surface area contributed by atoms with Crippen molar-refractivity contribution in [3.63, 3.8) is 0 Å². The zero-order valence-corrected chi connectivity index (χ0v) is 12.1. The molecule has 0 atom stereocenters. The Morgan fingerprint density at radius 3 is 2.57 bits per heavy atom. The van der Waals surface area contributed by atoms with E-state index in [4.69, 9.17) is 0 Å². The van der Waals surface area contributed by atoms with Gasteiger partial charge >= 0.3 is 0 Å². The molecular formula is C16H18F2N2O. The first kappa shape index (κ1) is 15.4. The van der Waals surface area contributed by atoms with Crippen molar-refractivity contribution >= 4 is 5.78 Å².